The minimum atomic E-state index is -0.551. The molecule has 2 N–H and O–H groups in total. The molecule has 50 heavy (non-hydrogen) atoms. The molecular formula is C38H46N8O4. The van der Waals surface area contributed by atoms with Crippen LogP contribution in [0.5, 0.6) is 0 Å². The second-order valence-electron chi connectivity index (χ2n) is 15.3. The van der Waals surface area contributed by atoms with Crippen molar-refractivity contribution in [3.8, 4) is 33.9 Å². The second kappa shape index (κ2) is 12.6. The SMILES string of the molecule is Cn1c(-c2ccc(-c3cnc([C@@H]4CCCN4C(=O)OC(C)(C)C)[nH]3)cc2)nc2cc(-c3cnc([C@@H]4CCCN4C(=O)OC(C)(C)C)[nH]3)ccc21. The Bertz CT molecular complexity index is 2030. The average Bonchev–Trinajstić information content (AvgIpc) is 3.89. The van der Waals surface area contributed by atoms with E-state index in [2.05, 4.69) is 67.0 Å². The largest absolute Gasteiger partial charge is 0.444 e. The molecule has 12 heteroatoms. The summed E-state index contributed by atoms with van der Waals surface area (Å²) in [6.07, 6.45) is 6.53. The number of nitrogens with one attached hydrogen (secondary N) is 2. The lowest BCUT2D eigenvalue weighted by Gasteiger charge is -2.27. The summed E-state index contributed by atoms with van der Waals surface area (Å²) in [4.78, 5) is 50.5. The van der Waals surface area contributed by atoms with Crippen molar-refractivity contribution in [1.29, 1.82) is 0 Å². The van der Waals surface area contributed by atoms with Crippen LogP contribution >= 0.6 is 0 Å². The summed E-state index contributed by atoms with van der Waals surface area (Å²) in [7, 11) is 2.02. The van der Waals surface area contributed by atoms with Crippen LogP contribution in [0.25, 0.3) is 44.9 Å². The summed E-state index contributed by atoms with van der Waals surface area (Å²) in [5, 5.41) is 0. The van der Waals surface area contributed by atoms with Gasteiger partial charge in [-0.25, -0.2) is 24.5 Å². The highest BCUT2D eigenvalue weighted by Crippen LogP contribution is 2.35. The van der Waals surface area contributed by atoms with Crippen LogP contribution in [0.1, 0.15) is 91.0 Å². The van der Waals surface area contributed by atoms with Crippen molar-refractivity contribution < 1.29 is 19.1 Å². The number of aromatic nitrogens is 6. The summed E-state index contributed by atoms with van der Waals surface area (Å²) in [6.45, 7) is 12.6. The van der Waals surface area contributed by atoms with Crippen molar-refractivity contribution in [2.75, 3.05) is 13.1 Å². The number of carbonyl (C=O) groups is 2. The fraction of sp³-hybridized carbons (Fsp3) is 0.447. The Balaban J connectivity index is 1.07. The van der Waals surface area contributed by atoms with Gasteiger partial charge in [-0.1, -0.05) is 30.3 Å². The van der Waals surface area contributed by atoms with E-state index in [-0.39, 0.29) is 24.3 Å². The molecule has 0 aliphatic carbocycles. The molecule has 12 nitrogen and oxygen atoms in total. The Hall–Kier alpha value is -5.13. The summed E-state index contributed by atoms with van der Waals surface area (Å²) in [5.74, 6) is 2.39. The van der Waals surface area contributed by atoms with Gasteiger partial charge in [0.05, 0.1) is 46.9 Å². The highest BCUT2D eigenvalue weighted by molar-refractivity contribution is 5.85. The molecule has 3 aromatic heterocycles. The van der Waals surface area contributed by atoms with Gasteiger partial charge in [0, 0.05) is 31.3 Å². The molecule has 2 fully saturated rings. The van der Waals surface area contributed by atoms with E-state index < -0.39 is 11.2 Å². The van der Waals surface area contributed by atoms with Gasteiger partial charge in [0.15, 0.2) is 0 Å². The topological polar surface area (TPSA) is 134 Å². The van der Waals surface area contributed by atoms with Crippen LogP contribution in [0.3, 0.4) is 0 Å². The highest BCUT2D eigenvalue weighted by atomic mass is 16.6. The summed E-state index contributed by atoms with van der Waals surface area (Å²) in [5.41, 5.74) is 5.53. The molecule has 5 aromatic rings. The zero-order valence-electron chi connectivity index (χ0n) is 29.9. The van der Waals surface area contributed by atoms with E-state index >= 15 is 0 Å². The van der Waals surface area contributed by atoms with Crippen molar-refractivity contribution in [3.05, 3.63) is 66.5 Å². The first kappa shape index (κ1) is 33.4. The smallest absolute Gasteiger partial charge is 0.410 e. The van der Waals surface area contributed by atoms with Crippen molar-refractivity contribution in [3.63, 3.8) is 0 Å². The number of likely N-dealkylation sites (tertiary alicyclic amines) is 2. The number of hydrogen-bond donors (Lipinski definition) is 2. The van der Waals surface area contributed by atoms with Crippen LogP contribution in [0, 0.1) is 0 Å². The number of ether oxygens (including phenoxy) is 2. The maximum absolute atomic E-state index is 12.9. The molecule has 2 atom stereocenters. The molecule has 7 rings (SSSR count). The van der Waals surface area contributed by atoms with E-state index in [1.807, 2.05) is 61.0 Å². The number of carbonyl (C=O) groups excluding carboxylic acids is 2. The third kappa shape index (κ3) is 6.71. The molecule has 0 spiro atoms. The predicted octanol–water partition coefficient (Wildman–Crippen LogP) is 8.16. The Morgan fingerprint density at radius 2 is 1.20 bits per heavy atom. The zero-order chi connectivity index (χ0) is 35.4. The fourth-order valence-corrected chi connectivity index (χ4v) is 6.91. The monoisotopic (exact) mass is 678 g/mol. The lowest BCUT2D eigenvalue weighted by molar-refractivity contribution is 0.0208. The molecule has 2 saturated heterocycles. The van der Waals surface area contributed by atoms with Crippen LogP contribution < -0.4 is 0 Å². The van der Waals surface area contributed by atoms with Gasteiger partial charge >= 0.3 is 12.2 Å². The zero-order valence-corrected chi connectivity index (χ0v) is 29.9. The standard InChI is InChI=1S/C38H46N8O4/c1-37(2,3)49-35(47)45-18-8-10-30(45)32-39-21-27(41-32)23-12-14-24(15-13-23)34-43-26-20-25(16-17-29(26)44(34)7)28-22-40-33(42-28)31-11-9-19-46(31)36(48)50-38(4,5)6/h12-17,20-22,30-31H,8-11,18-19H2,1-7H3,(H,39,41)(H,40,42)/t30-,31-/m0/s1. The molecule has 0 bridgehead atoms. The summed E-state index contributed by atoms with van der Waals surface area (Å²) >= 11 is 0. The van der Waals surface area contributed by atoms with Crippen molar-refractivity contribution in [2.45, 2.75) is 90.5 Å². The van der Waals surface area contributed by atoms with Gasteiger partial charge in [0.1, 0.15) is 28.7 Å². The molecule has 2 aliphatic heterocycles. The van der Waals surface area contributed by atoms with Crippen molar-refractivity contribution >= 4 is 23.2 Å². The van der Waals surface area contributed by atoms with Crippen LogP contribution in [0.4, 0.5) is 9.59 Å². The quantitative estimate of drug-likeness (QED) is 0.192. The van der Waals surface area contributed by atoms with E-state index in [4.69, 9.17) is 14.5 Å². The first-order chi connectivity index (χ1) is 23.7. The first-order valence-electron chi connectivity index (χ1n) is 17.4. The van der Waals surface area contributed by atoms with Gasteiger partial charge in [0.2, 0.25) is 0 Å². The van der Waals surface area contributed by atoms with E-state index in [1.54, 1.807) is 9.80 Å². The normalized spacial score (nSPS) is 18.3. The minimum Gasteiger partial charge on any atom is -0.444 e. The lowest BCUT2D eigenvalue weighted by atomic mass is 10.1. The van der Waals surface area contributed by atoms with Gasteiger partial charge in [-0.15, -0.1) is 0 Å². The molecule has 0 saturated carbocycles. The highest BCUT2D eigenvalue weighted by Gasteiger charge is 2.36. The second-order valence-corrected chi connectivity index (χ2v) is 15.3. The lowest BCUT2D eigenvalue weighted by Crippen LogP contribution is -2.36. The number of aromatic amines is 2. The van der Waals surface area contributed by atoms with Crippen LogP contribution in [0.2, 0.25) is 0 Å². The van der Waals surface area contributed by atoms with Gasteiger partial charge in [-0.3, -0.25) is 9.80 Å². The number of aryl methyl sites for hydroxylation is 1. The molecule has 2 amide bonds. The molecular weight excluding hydrogens is 632 g/mol. The molecule has 2 aliphatic rings. The van der Waals surface area contributed by atoms with Crippen LogP contribution in [-0.4, -0.2) is 75.8 Å². The van der Waals surface area contributed by atoms with E-state index in [0.717, 1.165) is 82.3 Å². The summed E-state index contributed by atoms with van der Waals surface area (Å²) in [6, 6.07) is 14.2. The third-order valence-corrected chi connectivity index (χ3v) is 9.23. The Morgan fingerprint density at radius 1 is 0.720 bits per heavy atom. The van der Waals surface area contributed by atoms with E-state index in [0.29, 0.717) is 13.1 Å². The number of rotatable bonds is 5. The number of amides is 2. The minimum absolute atomic E-state index is 0.134. The molecule has 0 radical (unpaired) electrons. The Kier molecular flexibility index (Phi) is 8.44. The van der Waals surface area contributed by atoms with E-state index in [9.17, 15) is 9.59 Å². The number of H-pyrrole nitrogens is 2. The van der Waals surface area contributed by atoms with E-state index in [1.165, 1.54) is 0 Å². The van der Waals surface area contributed by atoms with Gasteiger partial charge in [0.25, 0.3) is 0 Å². The molecule has 262 valence electrons. The number of fused-ring (bicyclic) bond motifs is 1. The van der Waals surface area contributed by atoms with Crippen LogP contribution in [0.15, 0.2) is 54.9 Å². The molecule has 5 heterocycles. The molecule has 2 aromatic carbocycles. The average molecular weight is 679 g/mol. The Morgan fingerprint density at radius 3 is 1.72 bits per heavy atom. The molecule has 0 unspecified atom stereocenters. The van der Waals surface area contributed by atoms with Gasteiger partial charge in [-0.2, -0.15) is 0 Å². The summed E-state index contributed by atoms with van der Waals surface area (Å²) < 4.78 is 13.4. The number of hydrogen-bond acceptors (Lipinski definition) is 7. The van der Waals surface area contributed by atoms with Crippen molar-refractivity contribution in [1.82, 2.24) is 39.3 Å². The predicted molar refractivity (Wildman–Crippen MR) is 191 cm³/mol. The maximum Gasteiger partial charge on any atom is 0.410 e. The Labute approximate surface area is 292 Å². The first-order valence-corrected chi connectivity index (χ1v) is 17.4. The third-order valence-electron chi connectivity index (χ3n) is 9.23. The number of benzene rings is 2. The van der Waals surface area contributed by atoms with Gasteiger partial charge in [-0.05, 0) is 84.9 Å². The van der Waals surface area contributed by atoms with Gasteiger partial charge < -0.3 is 24.0 Å². The fourth-order valence-electron chi connectivity index (χ4n) is 6.91. The number of imidazole rings is 3. The number of nitrogens with zero attached hydrogens (tertiary/aromatic N) is 6. The van der Waals surface area contributed by atoms with Crippen LogP contribution in [-0.2, 0) is 16.5 Å². The maximum atomic E-state index is 12.9. The van der Waals surface area contributed by atoms with Crippen molar-refractivity contribution in [2.24, 2.45) is 7.05 Å².